The second kappa shape index (κ2) is 5.67. The molecule has 0 aliphatic carbocycles. The summed E-state index contributed by atoms with van der Waals surface area (Å²) in [4.78, 5) is 1.93. The van der Waals surface area contributed by atoms with Crippen LogP contribution in [0.4, 0.5) is 4.39 Å². The first kappa shape index (κ1) is 12.6. The number of nitrogens with two attached hydrogens (primary N) is 1. The number of rotatable bonds is 3. The Hall–Kier alpha value is -0.840. The van der Waals surface area contributed by atoms with Gasteiger partial charge >= 0.3 is 0 Å². The maximum atomic E-state index is 13.0. The highest BCUT2D eigenvalue weighted by atomic mass is 79.9. The summed E-state index contributed by atoms with van der Waals surface area (Å²) in [7, 11) is 0. The molecule has 2 aromatic rings. The third-order valence-corrected chi connectivity index (χ3v) is 4.24. The first-order valence-corrected chi connectivity index (χ1v) is 6.72. The quantitative estimate of drug-likeness (QED) is 0.919. The highest BCUT2D eigenvalue weighted by Crippen LogP contribution is 2.34. The largest absolute Gasteiger partial charge is 0.326 e. The van der Waals surface area contributed by atoms with Crippen molar-refractivity contribution in [1.29, 1.82) is 0 Å². The Balaban J connectivity index is 2.24. The smallest absolute Gasteiger partial charge is 0.124 e. The normalized spacial score (nSPS) is 10.5. The average molecular weight is 312 g/mol. The van der Waals surface area contributed by atoms with Crippen LogP contribution in [0.1, 0.15) is 5.56 Å². The molecule has 0 aromatic heterocycles. The van der Waals surface area contributed by atoms with Crippen LogP contribution in [0.25, 0.3) is 0 Å². The molecule has 0 heterocycles. The van der Waals surface area contributed by atoms with E-state index in [0.29, 0.717) is 6.54 Å². The van der Waals surface area contributed by atoms with Gasteiger partial charge < -0.3 is 5.73 Å². The van der Waals surface area contributed by atoms with Crippen LogP contribution in [-0.4, -0.2) is 0 Å². The summed E-state index contributed by atoms with van der Waals surface area (Å²) in [5.41, 5.74) is 6.63. The first-order chi connectivity index (χ1) is 8.19. The third kappa shape index (κ3) is 3.31. The van der Waals surface area contributed by atoms with E-state index in [1.54, 1.807) is 6.07 Å². The minimum Gasteiger partial charge on any atom is -0.326 e. The molecular weight excluding hydrogens is 301 g/mol. The van der Waals surface area contributed by atoms with E-state index in [2.05, 4.69) is 15.9 Å². The summed E-state index contributed by atoms with van der Waals surface area (Å²) in [6.45, 7) is 0.517. The second-order valence-electron chi connectivity index (χ2n) is 3.53. The Bertz CT molecular complexity index is 531. The van der Waals surface area contributed by atoms with E-state index >= 15 is 0 Å². The maximum Gasteiger partial charge on any atom is 0.124 e. The molecule has 0 bridgehead atoms. The number of hydrogen-bond acceptors (Lipinski definition) is 2. The molecule has 0 unspecified atom stereocenters. The van der Waals surface area contributed by atoms with E-state index in [1.807, 2.05) is 24.3 Å². The molecule has 2 rings (SSSR count). The number of hydrogen-bond donors (Lipinski definition) is 1. The molecule has 0 spiro atoms. The van der Waals surface area contributed by atoms with E-state index in [-0.39, 0.29) is 5.82 Å². The van der Waals surface area contributed by atoms with Gasteiger partial charge in [0.2, 0.25) is 0 Å². The van der Waals surface area contributed by atoms with Crippen molar-refractivity contribution in [1.82, 2.24) is 0 Å². The van der Waals surface area contributed by atoms with E-state index < -0.39 is 0 Å². The van der Waals surface area contributed by atoms with Gasteiger partial charge in [0.1, 0.15) is 5.82 Å². The van der Waals surface area contributed by atoms with Crippen LogP contribution in [0.2, 0.25) is 0 Å². The molecule has 0 atom stereocenters. The van der Waals surface area contributed by atoms with Gasteiger partial charge in [0.05, 0.1) is 0 Å². The fourth-order valence-electron chi connectivity index (χ4n) is 1.41. The van der Waals surface area contributed by atoms with Gasteiger partial charge in [-0.3, -0.25) is 0 Å². The zero-order valence-corrected chi connectivity index (χ0v) is 11.4. The average Bonchev–Trinajstić information content (AvgIpc) is 2.32. The molecule has 2 N–H and O–H groups in total. The molecule has 0 aliphatic heterocycles. The Morgan fingerprint density at radius 1 is 1.18 bits per heavy atom. The highest BCUT2D eigenvalue weighted by Gasteiger charge is 2.04. The van der Waals surface area contributed by atoms with Gasteiger partial charge in [0.15, 0.2) is 0 Å². The van der Waals surface area contributed by atoms with Gasteiger partial charge in [-0.05, 0) is 51.8 Å². The number of halogens is 2. The van der Waals surface area contributed by atoms with Gasteiger partial charge in [-0.2, -0.15) is 0 Å². The van der Waals surface area contributed by atoms with Crippen LogP contribution in [0, 0.1) is 5.82 Å². The zero-order chi connectivity index (χ0) is 12.3. The topological polar surface area (TPSA) is 26.0 Å². The fourth-order valence-corrected chi connectivity index (χ4v) is 2.95. The van der Waals surface area contributed by atoms with Gasteiger partial charge in [-0.25, -0.2) is 4.39 Å². The van der Waals surface area contributed by atoms with Crippen LogP contribution in [0.5, 0.6) is 0 Å². The Morgan fingerprint density at radius 3 is 2.65 bits per heavy atom. The van der Waals surface area contributed by atoms with Crippen molar-refractivity contribution in [3.8, 4) is 0 Å². The monoisotopic (exact) mass is 311 g/mol. The summed E-state index contributed by atoms with van der Waals surface area (Å²) in [5.74, 6) is -0.218. The number of benzene rings is 2. The summed E-state index contributed by atoms with van der Waals surface area (Å²) < 4.78 is 14.0. The van der Waals surface area contributed by atoms with Crippen LogP contribution in [0.3, 0.4) is 0 Å². The van der Waals surface area contributed by atoms with Crippen molar-refractivity contribution in [3.63, 3.8) is 0 Å². The molecule has 0 fully saturated rings. The van der Waals surface area contributed by atoms with E-state index in [4.69, 9.17) is 5.73 Å². The van der Waals surface area contributed by atoms with Gasteiger partial charge in [0.25, 0.3) is 0 Å². The summed E-state index contributed by atoms with van der Waals surface area (Å²) >= 11 is 5.01. The van der Waals surface area contributed by atoms with Crippen LogP contribution < -0.4 is 5.73 Å². The summed E-state index contributed by atoms with van der Waals surface area (Å²) in [5, 5.41) is 0. The minimum atomic E-state index is -0.218. The predicted octanol–water partition coefficient (Wildman–Crippen LogP) is 4.20. The zero-order valence-electron chi connectivity index (χ0n) is 8.99. The molecule has 2 aromatic carbocycles. The van der Waals surface area contributed by atoms with Crippen LogP contribution in [0.15, 0.2) is 56.7 Å². The second-order valence-corrected chi connectivity index (χ2v) is 5.50. The molecule has 0 saturated heterocycles. The molecule has 0 aliphatic rings. The standard InChI is InChI=1S/C13H11BrFNS/c14-12-6-9(8-16)4-5-13(12)17-11-3-1-2-10(15)7-11/h1-7H,8,16H2. The Labute approximate surface area is 112 Å². The van der Waals surface area contributed by atoms with E-state index in [0.717, 1.165) is 19.8 Å². The van der Waals surface area contributed by atoms with E-state index in [1.165, 1.54) is 23.9 Å². The first-order valence-electron chi connectivity index (χ1n) is 5.11. The SMILES string of the molecule is NCc1ccc(Sc2cccc(F)c2)c(Br)c1. The molecule has 4 heteroatoms. The van der Waals surface area contributed by atoms with Gasteiger partial charge in [-0.1, -0.05) is 23.9 Å². The molecule has 17 heavy (non-hydrogen) atoms. The van der Waals surface area contributed by atoms with Gasteiger partial charge in [-0.15, -0.1) is 0 Å². The van der Waals surface area contributed by atoms with Crippen LogP contribution in [-0.2, 0) is 6.54 Å². The van der Waals surface area contributed by atoms with Crippen LogP contribution >= 0.6 is 27.7 Å². The maximum absolute atomic E-state index is 13.0. The van der Waals surface area contributed by atoms with Crippen molar-refractivity contribution >= 4 is 27.7 Å². The lowest BCUT2D eigenvalue weighted by Crippen LogP contribution is -1.95. The molecule has 88 valence electrons. The molecule has 0 saturated carbocycles. The molecule has 0 amide bonds. The van der Waals surface area contributed by atoms with Crippen molar-refractivity contribution < 1.29 is 4.39 Å². The lowest BCUT2D eigenvalue weighted by atomic mass is 10.2. The van der Waals surface area contributed by atoms with Gasteiger partial charge in [0, 0.05) is 20.8 Å². The molecule has 0 radical (unpaired) electrons. The molecule has 1 nitrogen and oxygen atoms in total. The minimum absolute atomic E-state index is 0.218. The highest BCUT2D eigenvalue weighted by molar-refractivity contribution is 9.10. The third-order valence-electron chi connectivity index (χ3n) is 2.26. The van der Waals surface area contributed by atoms with E-state index in [9.17, 15) is 4.39 Å². The Morgan fingerprint density at radius 2 is 2.00 bits per heavy atom. The lowest BCUT2D eigenvalue weighted by Gasteiger charge is -2.06. The van der Waals surface area contributed by atoms with Crippen molar-refractivity contribution in [2.45, 2.75) is 16.3 Å². The van der Waals surface area contributed by atoms with Crippen molar-refractivity contribution in [3.05, 3.63) is 58.3 Å². The summed E-state index contributed by atoms with van der Waals surface area (Å²) in [6.07, 6.45) is 0. The lowest BCUT2D eigenvalue weighted by molar-refractivity contribution is 0.624. The summed E-state index contributed by atoms with van der Waals surface area (Å²) in [6, 6.07) is 12.5. The van der Waals surface area contributed by atoms with Crippen molar-refractivity contribution in [2.75, 3.05) is 0 Å². The fraction of sp³-hybridized carbons (Fsp3) is 0.0769. The predicted molar refractivity (Wildman–Crippen MR) is 72.6 cm³/mol. The molecular formula is C13H11BrFNS. The Kier molecular flexibility index (Phi) is 4.20. The van der Waals surface area contributed by atoms with Crippen molar-refractivity contribution in [2.24, 2.45) is 5.73 Å².